The summed E-state index contributed by atoms with van der Waals surface area (Å²) in [6.07, 6.45) is 5.40. The third-order valence-electron chi connectivity index (χ3n) is 5.82. The zero-order valence-corrected chi connectivity index (χ0v) is 15.7. The number of hydrogen-bond donors (Lipinski definition) is 2. The van der Waals surface area contributed by atoms with E-state index in [9.17, 15) is 19.5 Å². The van der Waals surface area contributed by atoms with Crippen LogP contribution in [0.1, 0.15) is 50.5 Å². The highest BCUT2D eigenvalue weighted by molar-refractivity contribution is 5.89. The number of piperidine rings is 1. The Kier molecular flexibility index (Phi) is 6.14. The van der Waals surface area contributed by atoms with E-state index in [1.807, 2.05) is 30.3 Å². The van der Waals surface area contributed by atoms with Gasteiger partial charge in [0.25, 0.3) is 0 Å². The molecule has 2 fully saturated rings. The smallest absolute Gasteiger partial charge is 0.329 e. The molecule has 2 aliphatic rings. The van der Waals surface area contributed by atoms with E-state index < -0.39 is 11.5 Å². The first-order valence-corrected chi connectivity index (χ1v) is 9.87. The third-order valence-corrected chi connectivity index (χ3v) is 5.82. The van der Waals surface area contributed by atoms with Gasteiger partial charge in [0.05, 0.1) is 12.3 Å². The first-order chi connectivity index (χ1) is 13.0. The maximum Gasteiger partial charge on any atom is 0.329 e. The molecule has 27 heavy (non-hydrogen) atoms. The molecule has 1 aromatic rings. The second kappa shape index (κ2) is 8.55. The molecular weight excluding hydrogens is 344 g/mol. The lowest BCUT2D eigenvalue weighted by Gasteiger charge is -2.37. The topological polar surface area (TPSA) is 86.7 Å². The van der Waals surface area contributed by atoms with Crippen LogP contribution in [-0.4, -0.2) is 46.4 Å². The predicted octanol–water partition coefficient (Wildman–Crippen LogP) is 2.37. The molecule has 1 aromatic carbocycles. The van der Waals surface area contributed by atoms with Gasteiger partial charge in [-0.1, -0.05) is 49.6 Å². The number of rotatable bonds is 5. The number of aliphatic carboxylic acids is 1. The molecule has 0 unspecified atom stereocenters. The molecule has 1 saturated heterocycles. The molecule has 1 atom stereocenters. The van der Waals surface area contributed by atoms with Gasteiger partial charge in [-0.15, -0.1) is 0 Å². The van der Waals surface area contributed by atoms with Crippen molar-refractivity contribution in [2.75, 3.05) is 13.1 Å². The van der Waals surface area contributed by atoms with Crippen molar-refractivity contribution in [3.63, 3.8) is 0 Å². The van der Waals surface area contributed by atoms with E-state index in [2.05, 4.69) is 5.32 Å². The average Bonchev–Trinajstić information content (AvgIpc) is 2.69. The van der Waals surface area contributed by atoms with Crippen molar-refractivity contribution in [1.82, 2.24) is 10.2 Å². The summed E-state index contributed by atoms with van der Waals surface area (Å²) in [6.45, 7) is 1.02. The van der Waals surface area contributed by atoms with Gasteiger partial charge in [-0.05, 0) is 31.2 Å². The molecular formula is C21H28N2O4. The largest absolute Gasteiger partial charge is 0.480 e. The van der Waals surface area contributed by atoms with E-state index in [4.69, 9.17) is 0 Å². The molecule has 2 N–H and O–H groups in total. The maximum atomic E-state index is 12.8. The van der Waals surface area contributed by atoms with Gasteiger partial charge in [0.15, 0.2) is 0 Å². The normalized spacial score (nSPS) is 22.1. The Hall–Kier alpha value is -2.37. The number of carboxylic acid groups (broad SMARTS) is 1. The minimum Gasteiger partial charge on any atom is -0.480 e. The fourth-order valence-corrected chi connectivity index (χ4v) is 4.19. The average molecular weight is 372 g/mol. The first-order valence-electron chi connectivity index (χ1n) is 9.87. The lowest BCUT2D eigenvalue weighted by molar-refractivity contribution is -0.150. The monoisotopic (exact) mass is 372 g/mol. The summed E-state index contributed by atoms with van der Waals surface area (Å²) in [4.78, 5) is 38.9. The number of likely N-dealkylation sites (tertiary alicyclic amines) is 1. The quantitative estimate of drug-likeness (QED) is 0.831. The lowest BCUT2D eigenvalue weighted by Crippen LogP contribution is -2.58. The van der Waals surface area contributed by atoms with Crippen molar-refractivity contribution >= 4 is 17.8 Å². The van der Waals surface area contributed by atoms with Gasteiger partial charge in [-0.3, -0.25) is 9.59 Å². The van der Waals surface area contributed by atoms with Crippen molar-refractivity contribution < 1.29 is 19.5 Å². The van der Waals surface area contributed by atoms with Crippen molar-refractivity contribution in [1.29, 1.82) is 0 Å². The van der Waals surface area contributed by atoms with Crippen LogP contribution < -0.4 is 5.32 Å². The van der Waals surface area contributed by atoms with Gasteiger partial charge < -0.3 is 15.3 Å². The number of benzene rings is 1. The minimum atomic E-state index is -1.13. The van der Waals surface area contributed by atoms with Crippen LogP contribution in [0.2, 0.25) is 0 Å². The Morgan fingerprint density at radius 3 is 2.44 bits per heavy atom. The standard InChI is InChI=1S/C21H28N2O4/c24-18(14-16-8-3-1-4-9-16)23-13-7-10-17(15-23)19(25)22-21(20(26)27)11-5-2-6-12-21/h1,3-4,8-9,17H,2,5-7,10-15H2,(H,22,25)(H,26,27)/t17-/m0/s1. The van der Waals surface area contributed by atoms with Crippen LogP contribution in [0.25, 0.3) is 0 Å². The number of carboxylic acids is 1. The Morgan fingerprint density at radius 1 is 1.07 bits per heavy atom. The highest BCUT2D eigenvalue weighted by atomic mass is 16.4. The van der Waals surface area contributed by atoms with E-state index in [0.717, 1.165) is 31.2 Å². The van der Waals surface area contributed by atoms with E-state index in [1.54, 1.807) is 4.90 Å². The van der Waals surface area contributed by atoms with E-state index >= 15 is 0 Å². The minimum absolute atomic E-state index is 0.0179. The van der Waals surface area contributed by atoms with Gasteiger partial charge in [-0.2, -0.15) is 0 Å². The van der Waals surface area contributed by atoms with Crippen LogP contribution in [0.5, 0.6) is 0 Å². The summed E-state index contributed by atoms with van der Waals surface area (Å²) in [5.41, 5.74) is -0.174. The number of carbonyl (C=O) groups is 3. The summed E-state index contributed by atoms with van der Waals surface area (Å²) in [5, 5.41) is 12.5. The molecule has 1 aliphatic heterocycles. The summed E-state index contributed by atoms with van der Waals surface area (Å²) < 4.78 is 0. The van der Waals surface area contributed by atoms with Gasteiger partial charge >= 0.3 is 5.97 Å². The highest BCUT2D eigenvalue weighted by Crippen LogP contribution is 2.29. The van der Waals surface area contributed by atoms with Crippen LogP contribution in [0, 0.1) is 5.92 Å². The zero-order valence-electron chi connectivity index (χ0n) is 15.7. The summed E-state index contributed by atoms with van der Waals surface area (Å²) in [6, 6.07) is 9.57. The molecule has 6 heteroatoms. The Labute approximate surface area is 159 Å². The predicted molar refractivity (Wildman–Crippen MR) is 101 cm³/mol. The number of nitrogens with one attached hydrogen (secondary N) is 1. The van der Waals surface area contributed by atoms with Crippen molar-refractivity contribution in [2.24, 2.45) is 5.92 Å². The maximum absolute atomic E-state index is 12.8. The van der Waals surface area contributed by atoms with Gasteiger partial charge in [0, 0.05) is 13.1 Å². The molecule has 0 aromatic heterocycles. The van der Waals surface area contributed by atoms with Crippen LogP contribution in [0.4, 0.5) is 0 Å². The number of carbonyl (C=O) groups excluding carboxylic acids is 2. The molecule has 1 heterocycles. The zero-order chi connectivity index (χ0) is 19.3. The fourth-order valence-electron chi connectivity index (χ4n) is 4.19. The van der Waals surface area contributed by atoms with E-state index in [-0.39, 0.29) is 17.7 Å². The van der Waals surface area contributed by atoms with Crippen LogP contribution in [0.15, 0.2) is 30.3 Å². The summed E-state index contributed by atoms with van der Waals surface area (Å²) in [7, 11) is 0. The van der Waals surface area contributed by atoms with Gasteiger partial charge in [-0.25, -0.2) is 4.79 Å². The van der Waals surface area contributed by atoms with Crippen LogP contribution in [0.3, 0.4) is 0 Å². The highest BCUT2D eigenvalue weighted by Gasteiger charge is 2.42. The number of nitrogens with zero attached hydrogens (tertiary/aromatic N) is 1. The molecule has 146 valence electrons. The SMILES string of the molecule is O=C(NC1(C(=O)O)CCCCC1)[C@H]1CCCN(C(=O)Cc2ccccc2)C1. The molecule has 3 rings (SSSR count). The van der Waals surface area contributed by atoms with Crippen LogP contribution >= 0.6 is 0 Å². The Morgan fingerprint density at radius 2 is 1.78 bits per heavy atom. The van der Waals surface area contributed by atoms with Gasteiger partial charge in [0.2, 0.25) is 11.8 Å². The number of hydrogen-bond acceptors (Lipinski definition) is 3. The molecule has 1 aliphatic carbocycles. The van der Waals surface area contributed by atoms with E-state index in [0.29, 0.717) is 38.8 Å². The van der Waals surface area contributed by atoms with Crippen molar-refractivity contribution in [3.8, 4) is 0 Å². The molecule has 1 saturated carbocycles. The number of amides is 2. The van der Waals surface area contributed by atoms with Crippen LogP contribution in [-0.2, 0) is 20.8 Å². The lowest BCUT2D eigenvalue weighted by atomic mass is 9.81. The second-order valence-electron chi connectivity index (χ2n) is 7.78. The van der Waals surface area contributed by atoms with Gasteiger partial charge in [0.1, 0.15) is 5.54 Å². The van der Waals surface area contributed by atoms with E-state index in [1.165, 1.54) is 0 Å². The summed E-state index contributed by atoms with van der Waals surface area (Å²) >= 11 is 0. The first kappa shape index (κ1) is 19.4. The Bertz CT molecular complexity index is 683. The second-order valence-corrected chi connectivity index (χ2v) is 7.78. The summed E-state index contributed by atoms with van der Waals surface area (Å²) in [5.74, 6) is -1.49. The molecule has 0 bridgehead atoms. The fraction of sp³-hybridized carbons (Fsp3) is 0.571. The molecule has 0 radical (unpaired) electrons. The Balaban J connectivity index is 1.60. The molecule has 6 nitrogen and oxygen atoms in total. The molecule has 2 amide bonds. The third kappa shape index (κ3) is 4.67. The van der Waals surface area contributed by atoms with Crippen molar-refractivity contribution in [2.45, 2.75) is 56.9 Å². The molecule has 0 spiro atoms. The van der Waals surface area contributed by atoms with Crippen molar-refractivity contribution in [3.05, 3.63) is 35.9 Å².